The van der Waals surface area contributed by atoms with Gasteiger partial charge in [0.2, 0.25) is 0 Å². The van der Waals surface area contributed by atoms with Crippen LogP contribution in [0.2, 0.25) is 0 Å². The van der Waals surface area contributed by atoms with Crippen molar-refractivity contribution in [3.8, 4) is 6.07 Å². The molecule has 1 unspecified atom stereocenters. The van der Waals surface area contributed by atoms with E-state index in [0.717, 1.165) is 4.31 Å². The molecule has 110 valence electrons. The number of aromatic nitrogens is 2. The van der Waals surface area contributed by atoms with E-state index in [1.165, 1.54) is 13.2 Å². The first-order valence-electron chi connectivity index (χ1n) is 6.39. The molecule has 1 aliphatic rings. The predicted octanol–water partition coefficient (Wildman–Crippen LogP) is 0.515. The summed E-state index contributed by atoms with van der Waals surface area (Å²) in [6, 6.07) is 2.08. The quantitative estimate of drug-likeness (QED) is 0.808. The summed E-state index contributed by atoms with van der Waals surface area (Å²) in [6.07, 6.45) is 1.87. The third kappa shape index (κ3) is 2.22. The summed E-state index contributed by atoms with van der Waals surface area (Å²) in [7, 11) is -2.40. The molecule has 0 aromatic carbocycles. The molecule has 1 aliphatic heterocycles. The number of hydrogen-bond acceptors (Lipinski definition) is 5. The first kappa shape index (κ1) is 15.0. The molecule has 1 aromatic rings. The molecule has 0 radical (unpaired) electrons. The number of aryl methyl sites for hydroxylation is 2. The summed E-state index contributed by atoms with van der Waals surface area (Å²) in [5.41, 5.74) is -1.14. The molecular weight excluding hydrogens is 280 g/mol. The summed E-state index contributed by atoms with van der Waals surface area (Å²) in [4.78, 5) is 4.09. The third-order valence-corrected chi connectivity index (χ3v) is 5.53. The second-order valence-corrected chi connectivity index (χ2v) is 6.75. The number of rotatable bonds is 4. The van der Waals surface area contributed by atoms with E-state index in [1.54, 1.807) is 11.5 Å². The molecule has 0 bridgehead atoms. The van der Waals surface area contributed by atoms with Crippen molar-refractivity contribution in [2.24, 2.45) is 0 Å². The first-order chi connectivity index (χ1) is 9.37. The van der Waals surface area contributed by atoms with E-state index < -0.39 is 15.6 Å². The fourth-order valence-corrected chi connectivity index (χ4v) is 3.69. The maximum absolute atomic E-state index is 12.6. The van der Waals surface area contributed by atoms with Crippen LogP contribution in [-0.4, -0.2) is 48.1 Å². The zero-order valence-electron chi connectivity index (χ0n) is 11.8. The molecule has 1 aromatic heterocycles. The Balaban J connectivity index is 2.41. The Morgan fingerprint density at radius 2 is 2.35 bits per heavy atom. The highest BCUT2D eigenvalue weighted by molar-refractivity contribution is 7.89. The number of nitrogens with zero attached hydrogens (tertiary/aromatic N) is 4. The van der Waals surface area contributed by atoms with E-state index in [1.807, 2.05) is 6.92 Å². The molecule has 0 aliphatic carbocycles. The summed E-state index contributed by atoms with van der Waals surface area (Å²) >= 11 is 0. The second-order valence-electron chi connectivity index (χ2n) is 4.83. The van der Waals surface area contributed by atoms with Crippen LogP contribution in [0.15, 0.2) is 11.2 Å². The lowest BCUT2D eigenvalue weighted by molar-refractivity contribution is 0.162. The Bertz CT molecular complexity index is 638. The molecule has 2 heterocycles. The van der Waals surface area contributed by atoms with Crippen LogP contribution in [0, 0.1) is 18.3 Å². The van der Waals surface area contributed by atoms with Crippen molar-refractivity contribution < 1.29 is 13.2 Å². The monoisotopic (exact) mass is 298 g/mol. The second kappa shape index (κ2) is 5.16. The van der Waals surface area contributed by atoms with Gasteiger partial charge >= 0.3 is 0 Å². The summed E-state index contributed by atoms with van der Waals surface area (Å²) in [5.74, 6) is 0.633. The SMILES string of the molecule is CCn1cc(S(=O)(=O)N(C)C2(C#N)CCOC2)nc1C. The lowest BCUT2D eigenvalue weighted by Crippen LogP contribution is -2.49. The smallest absolute Gasteiger partial charge is 0.263 e. The van der Waals surface area contributed by atoms with Crippen LogP contribution >= 0.6 is 0 Å². The first-order valence-corrected chi connectivity index (χ1v) is 7.83. The Morgan fingerprint density at radius 1 is 1.65 bits per heavy atom. The Labute approximate surface area is 118 Å². The van der Waals surface area contributed by atoms with E-state index in [4.69, 9.17) is 4.74 Å². The van der Waals surface area contributed by atoms with Crippen molar-refractivity contribution in [3.05, 3.63) is 12.0 Å². The fourth-order valence-electron chi connectivity index (χ4n) is 2.26. The highest BCUT2D eigenvalue weighted by atomic mass is 32.2. The van der Waals surface area contributed by atoms with Crippen LogP contribution in [0.25, 0.3) is 0 Å². The molecule has 0 amide bonds. The van der Waals surface area contributed by atoms with Crippen molar-refractivity contribution in [3.63, 3.8) is 0 Å². The summed E-state index contributed by atoms with van der Waals surface area (Å²) in [6.45, 7) is 4.78. The van der Waals surface area contributed by atoms with Gasteiger partial charge in [0, 0.05) is 32.8 Å². The zero-order chi connectivity index (χ0) is 15.0. The van der Waals surface area contributed by atoms with Crippen molar-refractivity contribution >= 4 is 10.0 Å². The molecule has 1 fully saturated rings. The van der Waals surface area contributed by atoms with E-state index in [0.29, 0.717) is 25.4 Å². The molecule has 0 N–H and O–H groups in total. The number of likely N-dealkylation sites (N-methyl/N-ethyl adjacent to an activating group) is 1. The molecule has 20 heavy (non-hydrogen) atoms. The van der Waals surface area contributed by atoms with E-state index in [9.17, 15) is 13.7 Å². The average Bonchev–Trinajstić information content (AvgIpc) is 3.05. The standard InChI is InChI=1S/C12H18N4O3S/c1-4-16-7-11(14-10(16)2)20(17,18)15(3)12(8-13)5-6-19-9-12/h7H,4-6,9H2,1-3H3. The van der Waals surface area contributed by atoms with Crippen molar-refractivity contribution in [1.82, 2.24) is 13.9 Å². The highest BCUT2D eigenvalue weighted by Crippen LogP contribution is 2.29. The Hall–Kier alpha value is -1.43. The molecule has 1 saturated heterocycles. The number of nitriles is 1. The minimum absolute atomic E-state index is 0.0270. The third-order valence-electron chi connectivity index (χ3n) is 3.73. The molecule has 0 spiro atoms. The summed E-state index contributed by atoms with van der Waals surface area (Å²) < 4.78 is 33.3. The number of hydrogen-bond donors (Lipinski definition) is 0. The zero-order valence-corrected chi connectivity index (χ0v) is 12.6. The molecule has 2 rings (SSSR count). The maximum atomic E-state index is 12.6. The topological polar surface area (TPSA) is 88.2 Å². The fraction of sp³-hybridized carbons (Fsp3) is 0.667. The summed E-state index contributed by atoms with van der Waals surface area (Å²) in [5, 5.41) is 9.31. The maximum Gasteiger partial charge on any atom is 0.263 e. The minimum Gasteiger partial charge on any atom is -0.378 e. The van der Waals surface area contributed by atoms with Gasteiger partial charge in [0.05, 0.1) is 12.7 Å². The van der Waals surface area contributed by atoms with Gasteiger partial charge in [-0.15, -0.1) is 0 Å². The number of sulfonamides is 1. The van der Waals surface area contributed by atoms with Crippen LogP contribution in [0.3, 0.4) is 0 Å². The Kier molecular flexibility index (Phi) is 3.86. The normalized spacial score (nSPS) is 23.1. The molecule has 0 saturated carbocycles. The van der Waals surface area contributed by atoms with E-state index in [-0.39, 0.29) is 11.6 Å². The van der Waals surface area contributed by atoms with Gasteiger partial charge in [0.15, 0.2) is 5.03 Å². The Morgan fingerprint density at radius 3 is 2.80 bits per heavy atom. The van der Waals surface area contributed by atoms with Gasteiger partial charge in [-0.2, -0.15) is 9.57 Å². The molecular formula is C12H18N4O3S. The molecule has 7 nitrogen and oxygen atoms in total. The van der Waals surface area contributed by atoms with Crippen LogP contribution in [0.5, 0.6) is 0 Å². The van der Waals surface area contributed by atoms with E-state index in [2.05, 4.69) is 11.1 Å². The van der Waals surface area contributed by atoms with Crippen LogP contribution in [0.4, 0.5) is 0 Å². The van der Waals surface area contributed by atoms with Gasteiger partial charge in [-0.3, -0.25) is 0 Å². The average molecular weight is 298 g/mol. The van der Waals surface area contributed by atoms with Gasteiger partial charge in [-0.25, -0.2) is 13.4 Å². The van der Waals surface area contributed by atoms with Crippen LogP contribution in [-0.2, 0) is 21.3 Å². The van der Waals surface area contributed by atoms with Gasteiger partial charge < -0.3 is 9.30 Å². The van der Waals surface area contributed by atoms with Gasteiger partial charge in [0.25, 0.3) is 10.0 Å². The van der Waals surface area contributed by atoms with Crippen molar-refractivity contribution in [2.45, 2.75) is 37.4 Å². The van der Waals surface area contributed by atoms with E-state index >= 15 is 0 Å². The van der Waals surface area contributed by atoms with Crippen LogP contribution < -0.4 is 0 Å². The minimum atomic E-state index is -3.81. The molecule has 1 atom stereocenters. The highest BCUT2D eigenvalue weighted by Gasteiger charge is 2.46. The van der Waals surface area contributed by atoms with Crippen LogP contribution in [0.1, 0.15) is 19.2 Å². The predicted molar refractivity (Wildman–Crippen MR) is 71.4 cm³/mol. The van der Waals surface area contributed by atoms with Crippen molar-refractivity contribution in [1.29, 1.82) is 5.26 Å². The van der Waals surface area contributed by atoms with Gasteiger partial charge in [0.1, 0.15) is 11.4 Å². The number of imidazole rings is 1. The molecule has 8 heteroatoms. The lowest BCUT2D eigenvalue weighted by Gasteiger charge is -2.29. The number of ether oxygens (including phenoxy) is 1. The van der Waals surface area contributed by atoms with Gasteiger partial charge in [-0.05, 0) is 13.8 Å². The largest absolute Gasteiger partial charge is 0.378 e. The van der Waals surface area contributed by atoms with Gasteiger partial charge in [-0.1, -0.05) is 0 Å². The van der Waals surface area contributed by atoms with Crippen molar-refractivity contribution in [2.75, 3.05) is 20.3 Å². The lowest BCUT2D eigenvalue weighted by atomic mass is 10.0.